The maximum atomic E-state index is 4.83. The molecular weight excluding hydrogens is 122 g/mol. The van der Waals surface area contributed by atoms with Crippen molar-refractivity contribution < 1.29 is 4.84 Å². The Morgan fingerprint density at radius 2 is 2.12 bits per heavy atom. The Morgan fingerprint density at radius 1 is 1.62 bits per heavy atom. The molecule has 2 unspecified atom stereocenters. The van der Waals surface area contributed by atoms with Gasteiger partial charge in [-0.1, -0.05) is 13.8 Å². The first-order valence-corrected chi connectivity index (χ1v) is 3.20. The van der Waals surface area contributed by atoms with Crippen LogP contribution in [0.25, 0.3) is 0 Å². The van der Waals surface area contributed by atoms with Crippen LogP contribution in [0, 0.1) is 5.92 Å². The summed E-state index contributed by atoms with van der Waals surface area (Å²) >= 11 is 4.19. The summed E-state index contributed by atoms with van der Waals surface area (Å²) in [6.45, 7) is 4.65. The Bertz CT molecular complexity index is 58.4. The molecule has 0 saturated heterocycles. The SMILES string of the molecule is CC(S)C(C)CON. The van der Waals surface area contributed by atoms with E-state index in [0.717, 1.165) is 0 Å². The average molecular weight is 135 g/mol. The van der Waals surface area contributed by atoms with Gasteiger partial charge in [0, 0.05) is 5.25 Å². The molecule has 0 aliphatic heterocycles. The van der Waals surface area contributed by atoms with Gasteiger partial charge in [-0.3, -0.25) is 0 Å². The number of hydrogen-bond acceptors (Lipinski definition) is 3. The van der Waals surface area contributed by atoms with E-state index in [0.29, 0.717) is 17.8 Å². The lowest BCUT2D eigenvalue weighted by molar-refractivity contribution is 0.107. The molecule has 8 heavy (non-hydrogen) atoms. The summed E-state index contributed by atoms with van der Waals surface area (Å²) in [5.41, 5.74) is 0. The van der Waals surface area contributed by atoms with Crippen molar-refractivity contribution >= 4 is 12.6 Å². The maximum absolute atomic E-state index is 4.83. The molecule has 0 bridgehead atoms. The molecule has 2 nitrogen and oxygen atoms in total. The molecule has 0 aliphatic rings. The van der Waals surface area contributed by atoms with Crippen LogP contribution < -0.4 is 5.90 Å². The van der Waals surface area contributed by atoms with Crippen LogP contribution in [0.15, 0.2) is 0 Å². The Kier molecular flexibility index (Phi) is 4.32. The van der Waals surface area contributed by atoms with Crippen molar-refractivity contribution in [2.75, 3.05) is 6.61 Å². The van der Waals surface area contributed by atoms with E-state index < -0.39 is 0 Å². The van der Waals surface area contributed by atoms with Gasteiger partial charge >= 0.3 is 0 Å². The highest BCUT2D eigenvalue weighted by atomic mass is 32.1. The van der Waals surface area contributed by atoms with Crippen LogP contribution in [0.3, 0.4) is 0 Å². The maximum Gasteiger partial charge on any atom is 0.0715 e. The van der Waals surface area contributed by atoms with Gasteiger partial charge in [-0.25, -0.2) is 5.90 Å². The second kappa shape index (κ2) is 4.18. The summed E-state index contributed by atoms with van der Waals surface area (Å²) in [6.07, 6.45) is 0. The molecule has 3 heteroatoms. The molecule has 0 aliphatic carbocycles. The van der Waals surface area contributed by atoms with Gasteiger partial charge in [0.05, 0.1) is 6.61 Å². The minimum atomic E-state index is 0.360. The monoisotopic (exact) mass is 135 g/mol. The molecule has 0 aromatic heterocycles. The molecule has 2 atom stereocenters. The third kappa shape index (κ3) is 3.29. The van der Waals surface area contributed by atoms with Crippen molar-refractivity contribution in [2.45, 2.75) is 19.1 Å². The summed E-state index contributed by atoms with van der Waals surface area (Å²) in [6, 6.07) is 0. The van der Waals surface area contributed by atoms with E-state index in [1.54, 1.807) is 0 Å². The number of nitrogens with two attached hydrogens (primary N) is 1. The van der Waals surface area contributed by atoms with Crippen molar-refractivity contribution in [3.8, 4) is 0 Å². The standard InChI is InChI=1S/C5H13NOS/c1-4(3-7-6)5(2)8/h4-5,8H,3,6H2,1-2H3. The molecule has 0 saturated carbocycles. The second-order valence-electron chi connectivity index (χ2n) is 2.05. The molecule has 0 heterocycles. The second-order valence-corrected chi connectivity index (χ2v) is 2.87. The lowest BCUT2D eigenvalue weighted by atomic mass is 10.1. The topological polar surface area (TPSA) is 35.2 Å². The largest absolute Gasteiger partial charge is 0.304 e. The van der Waals surface area contributed by atoms with Crippen molar-refractivity contribution in [1.82, 2.24) is 0 Å². The van der Waals surface area contributed by atoms with Crippen LogP contribution in [-0.2, 0) is 4.84 Å². The summed E-state index contributed by atoms with van der Waals surface area (Å²) < 4.78 is 0. The van der Waals surface area contributed by atoms with E-state index in [1.165, 1.54) is 0 Å². The fraction of sp³-hybridized carbons (Fsp3) is 1.00. The molecule has 2 N–H and O–H groups in total. The molecule has 0 radical (unpaired) electrons. The first-order chi connectivity index (χ1) is 3.68. The van der Waals surface area contributed by atoms with Crippen LogP contribution in [-0.4, -0.2) is 11.9 Å². The molecule has 0 fully saturated rings. The van der Waals surface area contributed by atoms with Crippen LogP contribution in [0.4, 0.5) is 0 Å². The van der Waals surface area contributed by atoms with Crippen LogP contribution >= 0.6 is 12.6 Å². The van der Waals surface area contributed by atoms with Gasteiger partial charge in [0.2, 0.25) is 0 Å². The smallest absolute Gasteiger partial charge is 0.0715 e. The van der Waals surface area contributed by atoms with Gasteiger partial charge in [0.15, 0.2) is 0 Å². The minimum Gasteiger partial charge on any atom is -0.304 e. The van der Waals surface area contributed by atoms with E-state index in [9.17, 15) is 0 Å². The zero-order valence-corrected chi connectivity index (χ0v) is 6.19. The van der Waals surface area contributed by atoms with Crippen molar-refractivity contribution in [3.63, 3.8) is 0 Å². The average Bonchev–Trinajstić information content (AvgIpc) is 1.67. The summed E-state index contributed by atoms with van der Waals surface area (Å²) in [4.78, 5) is 4.42. The van der Waals surface area contributed by atoms with Crippen LogP contribution in [0.1, 0.15) is 13.8 Å². The normalized spacial score (nSPS) is 18.0. The lowest BCUT2D eigenvalue weighted by Gasteiger charge is -2.11. The zero-order chi connectivity index (χ0) is 6.57. The van der Waals surface area contributed by atoms with E-state index in [1.807, 2.05) is 13.8 Å². The third-order valence-corrected chi connectivity index (χ3v) is 1.69. The van der Waals surface area contributed by atoms with Crippen molar-refractivity contribution in [2.24, 2.45) is 11.8 Å². The van der Waals surface area contributed by atoms with Gasteiger partial charge in [-0.15, -0.1) is 0 Å². The van der Waals surface area contributed by atoms with E-state index in [4.69, 9.17) is 5.90 Å². The number of rotatable bonds is 3. The number of thiol groups is 1. The van der Waals surface area contributed by atoms with Gasteiger partial charge in [-0.05, 0) is 5.92 Å². The predicted molar refractivity (Wildman–Crippen MR) is 37.8 cm³/mol. The first-order valence-electron chi connectivity index (χ1n) is 2.68. The van der Waals surface area contributed by atoms with Crippen molar-refractivity contribution in [3.05, 3.63) is 0 Å². The molecule has 0 spiro atoms. The highest BCUT2D eigenvalue weighted by molar-refractivity contribution is 7.80. The lowest BCUT2D eigenvalue weighted by Crippen LogP contribution is -2.16. The molecule has 50 valence electrons. The molecule has 0 aromatic rings. The molecular formula is C5H13NOS. The minimum absolute atomic E-state index is 0.360. The van der Waals surface area contributed by atoms with Gasteiger partial charge < -0.3 is 4.84 Å². The van der Waals surface area contributed by atoms with E-state index in [2.05, 4.69) is 17.5 Å². The molecule has 0 amide bonds. The van der Waals surface area contributed by atoms with Crippen molar-refractivity contribution in [1.29, 1.82) is 0 Å². The highest BCUT2D eigenvalue weighted by Gasteiger charge is 2.05. The van der Waals surface area contributed by atoms with E-state index in [-0.39, 0.29) is 0 Å². The van der Waals surface area contributed by atoms with Gasteiger partial charge in [0.1, 0.15) is 0 Å². The predicted octanol–water partition coefficient (Wildman–Crippen LogP) is 0.831. The summed E-state index contributed by atoms with van der Waals surface area (Å²) in [5.74, 6) is 5.27. The fourth-order valence-corrected chi connectivity index (χ4v) is 0.377. The molecule has 0 rings (SSSR count). The summed E-state index contributed by atoms with van der Waals surface area (Å²) in [7, 11) is 0. The zero-order valence-electron chi connectivity index (χ0n) is 5.29. The first kappa shape index (κ1) is 8.27. The Hall–Kier alpha value is 0.270. The van der Waals surface area contributed by atoms with Gasteiger partial charge in [0.25, 0.3) is 0 Å². The molecule has 0 aromatic carbocycles. The Labute approximate surface area is 55.8 Å². The number of hydrogen-bond donors (Lipinski definition) is 2. The summed E-state index contributed by atoms with van der Waals surface area (Å²) in [5, 5.41) is 0.360. The third-order valence-electron chi connectivity index (χ3n) is 1.18. The van der Waals surface area contributed by atoms with Crippen LogP contribution in [0.5, 0.6) is 0 Å². The Balaban J connectivity index is 3.17. The van der Waals surface area contributed by atoms with Gasteiger partial charge in [-0.2, -0.15) is 12.6 Å². The Morgan fingerprint density at radius 3 is 2.25 bits per heavy atom. The fourth-order valence-electron chi connectivity index (χ4n) is 0.291. The van der Waals surface area contributed by atoms with E-state index >= 15 is 0 Å². The quantitative estimate of drug-likeness (QED) is 0.444. The van der Waals surface area contributed by atoms with Crippen LogP contribution in [0.2, 0.25) is 0 Å². The highest BCUT2D eigenvalue weighted by Crippen LogP contribution is 2.07.